The van der Waals surface area contributed by atoms with Crippen molar-refractivity contribution in [1.29, 1.82) is 0 Å². The van der Waals surface area contributed by atoms with Gasteiger partial charge >= 0.3 is 5.97 Å². The number of aromatic nitrogens is 1. The Bertz CT molecular complexity index is 358. The lowest BCUT2D eigenvalue weighted by Gasteiger charge is -2.10. The number of hydrogen-bond donors (Lipinski definition) is 0. The summed E-state index contributed by atoms with van der Waals surface area (Å²) in [5.74, 6) is 0.386. The van der Waals surface area contributed by atoms with E-state index in [9.17, 15) is 4.79 Å². The fourth-order valence-electron chi connectivity index (χ4n) is 1.58. The molecule has 0 aliphatic rings. The minimum atomic E-state index is -0.273. The summed E-state index contributed by atoms with van der Waals surface area (Å²) >= 11 is 0. The van der Waals surface area contributed by atoms with Crippen LogP contribution < -0.4 is 0 Å². The highest BCUT2D eigenvalue weighted by atomic mass is 16.5. The molecule has 1 heterocycles. The lowest BCUT2D eigenvalue weighted by molar-refractivity contribution is 0.0509. The Kier molecular flexibility index (Phi) is 6.50. The zero-order valence-electron chi connectivity index (χ0n) is 11.5. The molecule has 0 aromatic carbocycles. The summed E-state index contributed by atoms with van der Waals surface area (Å²) in [7, 11) is 0. The van der Waals surface area contributed by atoms with E-state index >= 15 is 0 Å². The number of ether oxygens (including phenoxy) is 2. The summed E-state index contributed by atoms with van der Waals surface area (Å²) in [6, 6.07) is 3.62. The second-order valence-electron chi connectivity index (χ2n) is 4.60. The summed E-state index contributed by atoms with van der Waals surface area (Å²) in [5, 5.41) is 0. The van der Waals surface area contributed by atoms with Gasteiger partial charge < -0.3 is 14.0 Å². The SMILES string of the molecule is CCOC(=O)c1cccn1CCOCCC(C)C. The largest absolute Gasteiger partial charge is 0.461 e. The van der Waals surface area contributed by atoms with Crippen LogP contribution in [0.2, 0.25) is 0 Å². The van der Waals surface area contributed by atoms with Gasteiger partial charge in [-0.3, -0.25) is 0 Å². The van der Waals surface area contributed by atoms with Gasteiger partial charge in [0.1, 0.15) is 5.69 Å². The Morgan fingerprint density at radius 3 is 2.83 bits per heavy atom. The molecule has 18 heavy (non-hydrogen) atoms. The summed E-state index contributed by atoms with van der Waals surface area (Å²) in [5.41, 5.74) is 0.587. The number of nitrogens with zero attached hydrogens (tertiary/aromatic N) is 1. The molecule has 0 aliphatic carbocycles. The molecule has 4 nitrogen and oxygen atoms in total. The van der Waals surface area contributed by atoms with Crippen LogP contribution in [-0.4, -0.2) is 30.4 Å². The summed E-state index contributed by atoms with van der Waals surface area (Å²) in [6.45, 7) is 8.62. The fraction of sp³-hybridized carbons (Fsp3) is 0.643. The van der Waals surface area contributed by atoms with Crippen LogP contribution in [0.15, 0.2) is 18.3 Å². The third-order valence-electron chi connectivity index (χ3n) is 2.63. The van der Waals surface area contributed by atoms with Crippen LogP contribution in [-0.2, 0) is 16.0 Å². The average Bonchev–Trinajstić information content (AvgIpc) is 2.77. The van der Waals surface area contributed by atoms with Crippen molar-refractivity contribution in [2.75, 3.05) is 19.8 Å². The van der Waals surface area contributed by atoms with Crippen LogP contribution in [0.25, 0.3) is 0 Å². The fourth-order valence-corrected chi connectivity index (χ4v) is 1.58. The Morgan fingerprint density at radius 2 is 2.17 bits per heavy atom. The van der Waals surface area contributed by atoms with Gasteiger partial charge in [-0.1, -0.05) is 13.8 Å². The number of hydrogen-bond acceptors (Lipinski definition) is 3. The van der Waals surface area contributed by atoms with E-state index in [1.54, 1.807) is 13.0 Å². The molecule has 0 saturated heterocycles. The van der Waals surface area contributed by atoms with Gasteiger partial charge in [0.05, 0.1) is 13.2 Å². The first-order valence-corrected chi connectivity index (χ1v) is 6.55. The predicted molar refractivity (Wildman–Crippen MR) is 70.7 cm³/mol. The summed E-state index contributed by atoms with van der Waals surface area (Å²) in [4.78, 5) is 11.6. The molecule has 0 saturated carbocycles. The molecule has 0 spiro atoms. The molecule has 1 rings (SSSR count). The Morgan fingerprint density at radius 1 is 1.39 bits per heavy atom. The molecule has 1 aromatic rings. The maximum atomic E-state index is 11.6. The van der Waals surface area contributed by atoms with Crippen LogP contribution in [0.5, 0.6) is 0 Å². The maximum absolute atomic E-state index is 11.6. The van der Waals surface area contributed by atoms with Crippen molar-refractivity contribution in [1.82, 2.24) is 4.57 Å². The molecule has 0 N–H and O–H groups in total. The zero-order valence-corrected chi connectivity index (χ0v) is 11.5. The first kappa shape index (κ1) is 14.8. The van der Waals surface area contributed by atoms with Crippen LogP contribution in [0.4, 0.5) is 0 Å². The quantitative estimate of drug-likeness (QED) is 0.528. The molecule has 4 heteroatoms. The van der Waals surface area contributed by atoms with Crippen LogP contribution >= 0.6 is 0 Å². The van der Waals surface area contributed by atoms with Crippen molar-refractivity contribution in [2.24, 2.45) is 5.92 Å². The van der Waals surface area contributed by atoms with Crippen LogP contribution in [0.1, 0.15) is 37.7 Å². The molecule has 0 amide bonds. The van der Waals surface area contributed by atoms with Crippen molar-refractivity contribution in [3.8, 4) is 0 Å². The van der Waals surface area contributed by atoms with Gasteiger partial charge in [0.2, 0.25) is 0 Å². The minimum absolute atomic E-state index is 0.273. The third kappa shape index (κ3) is 4.92. The molecule has 0 radical (unpaired) electrons. The van der Waals surface area contributed by atoms with Gasteiger partial charge in [-0.05, 0) is 31.4 Å². The molecule has 0 unspecified atom stereocenters. The molecule has 0 fully saturated rings. The number of carbonyl (C=O) groups excluding carboxylic acids is 1. The highest BCUT2D eigenvalue weighted by Crippen LogP contribution is 2.05. The highest BCUT2D eigenvalue weighted by molar-refractivity contribution is 5.87. The van der Waals surface area contributed by atoms with Crippen molar-refractivity contribution in [2.45, 2.75) is 33.7 Å². The van der Waals surface area contributed by atoms with Gasteiger partial charge in [0.25, 0.3) is 0 Å². The second kappa shape index (κ2) is 7.93. The van der Waals surface area contributed by atoms with Crippen LogP contribution in [0, 0.1) is 5.92 Å². The summed E-state index contributed by atoms with van der Waals surface area (Å²) < 4.78 is 12.4. The second-order valence-corrected chi connectivity index (χ2v) is 4.60. The molecular formula is C14H23NO3. The van der Waals surface area contributed by atoms with E-state index in [1.165, 1.54) is 0 Å². The minimum Gasteiger partial charge on any atom is -0.461 e. The normalized spacial score (nSPS) is 10.9. The lowest BCUT2D eigenvalue weighted by Crippen LogP contribution is -2.14. The van der Waals surface area contributed by atoms with E-state index < -0.39 is 0 Å². The number of rotatable bonds is 8. The molecule has 102 valence electrons. The van der Waals surface area contributed by atoms with E-state index in [0.717, 1.165) is 13.0 Å². The molecular weight excluding hydrogens is 230 g/mol. The molecule has 0 aliphatic heterocycles. The van der Waals surface area contributed by atoms with Gasteiger partial charge in [-0.15, -0.1) is 0 Å². The topological polar surface area (TPSA) is 40.5 Å². The highest BCUT2D eigenvalue weighted by Gasteiger charge is 2.10. The van der Waals surface area contributed by atoms with Crippen LogP contribution in [0.3, 0.4) is 0 Å². The van der Waals surface area contributed by atoms with E-state index in [-0.39, 0.29) is 5.97 Å². The predicted octanol–water partition coefficient (Wildman–Crippen LogP) is 2.73. The van der Waals surface area contributed by atoms with Gasteiger partial charge in [-0.2, -0.15) is 0 Å². The Balaban J connectivity index is 2.34. The third-order valence-corrected chi connectivity index (χ3v) is 2.63. The smallest absolute Gasteiger partial charge is 0.354 e. The van der Waals surface area contributed by atoms with E-state index in [2.05, 4.69) is 13.8 Å². The monoisotopic (exact) mass is 253 g/mol. The molecule has 1 aromatic heterocycles. The van der Waals surface area contributed by atoms with Crippen molar-refractivity contribution in [3.05, 3.63) is 24.0 Å². The van der Waals surface area contributed by atoms with E-state index in [0.29, 0.717) is 31.4 Å². The molecule has 0 bridgehead atoms. The Hall–Kier alpha value is -1.29. The van der Waals surface area contributed by atoms with Crippen molar-refractivity contribution < 1.29 is 14.3 Å². The first-order chi connectivity index (χ1) is 8.65. The summed E-state index contributed by atoms with van der Waals surface area (Å²) in [6.07, 6.45) is 2.94. The van der Waals surface area contributed by atoms with E-state index in [4.69, 9.17) is 9.47 Å². The van der Waals surface area contributed by atoms with Gasteiger partial charge in [-0.25, -0.2) is 4.79 Å². The Labute approximate surface area is 109 Å². The standard InChI is InChI=1S/C14H23NO3/c1-4-18-14(16)13-6-5-8-15(13)9-11-17-10-7-12(2)3/h5-6,8,12H,4,7,9-11H2,1-3H3. The van der Waals surface area contributed by atoms with Gasteiger partial charge in [0, 0.05) is 19.3 Å². The van der Waals surface area contributed by atoms with Crippen molar-refractivity contribution >= 4 is 5.97 Å². The average molecular weight is 253 g/mol. The number of carbonyl (C=O) groups is 1. The maximum Gasteiger partial charge on any atom is 0.354 e. The molecule has 0 atom stereocenters. The first-order valence-electron chi connectivity index (χ1n) is 6.55. The van der Waals surface area contributed by atoms with E-state index in [1.807, 2.05) is 16.8 Å². The van der Waals surface area contributed by atoms with Gasteiger partial charge in [0.15, 0.2) is 0 Å². The zero-order chi connectivity index (χ0) is 13.4. The lowest BCUT2D eigenvalue weighted by atomic mass is 10.1. The number of esters is 1. The van der Waals surface area contributed by atoms with Crippen molar-refractivity contribution in [3.63, 3.8) is 0 Å².